The lowest BCUT2D eigenvalue weighted by atomic mass is 9.60. The minimum atomic E-state index is -0.0264. The summed E-state index contributed by atoms with van der Waals surface area (Å²) in [4.78, 5) is 0. The van der Waals surface area contributed by atoms with Crippen molar-refractivity contribution in [2.75, 3.05) is 6.61 Å². The van der Waals surface area contributed by atoms with E-state index in [1.54, 1.807) is 0 Å². The first-order valence-electron chi connectivity index (χ1n) is 10.6. The van der Waals surface area contributed by atoms with Crippen LogP contribution in [0.1, 0.15) is 64.4 Å². The smallest absolute Gasteiger partial charge is 0.202 e. The summed E-state index contributed by atoms with van der Waals surface area (Å²) in [6, 6.07) is 8.80. The van der Waals surface area contributed by atoms with E-state index in [0.717, 1.165) is 48.4 Å². The first-order valence-corrected chi connectivity index (χ1v) is 10.6. The molecule has 1 aliphatic heterocycles. The van der Waals surface area contributed by atoms with Gasteiger partial charge in [-0.15, -0.1) is 0 Å². The van der Waals surface area contributed by atoms with Crippen LogP contribution in [0.25, 0.3) is 0 Å². The van der Waals surface area contributed by atoms with E-state index in [-0.39, 0.29) is 11.7 Å². The van der Waals surface area contributed by atoms with Gasteiger partial charge in [-0.1, -0.05) is 38.5 Å². The van der Waals surface area contributed by atoms with Gasteiger partial charge in [0.1, 0.15) is 5.75 Å². The van der Waals surface area contributed by atoms with Crippen LogP contribution in [-0.2, 0) is 10.2 Å². The number of hydrogen-bond donors (Lipinski definition) is 0. The number of rotatable bonds is 5. The molecule has 0 N–H and O–H groups in total. The second-order valence-corrected chi connectivity index (χ2v) is 9.23. The van der Waals surface area contributed by atoms with Gasteiger partial charge in [-0.25, -0.2) is 0 Å². The Hall–Kier alpha value is -1.02. The molecule has 3 saturated carbocycles. The van der Waals surface area contributed by atoms with Crippen molar-refractivity contribution >= 4 is 0 Å². The first kappa shape index (κ1) is 16.2. The quantitative estimate of drug-likeness (QED) is 0.699. The van der Waals surface area contributed by atoms with Gasteiger partial charge in [0, 0.05) is 12.0 Å². The second-order valence-electron chi connectivity index (χ2n) is 9.23. The molecular weight excluding hydrogens is 308 g/mol. The van der Waals surface area contributed by atoms with Crippen LogP contribution < -0.4 is 4.74 Å². The highest BCUT2D eigenvalue weighted by Crippen LogP contribution is 2.65. The van der Waals surface area contributed by atoms with E-state index in [4.69, 9.17) is 9.47 Å². The Morgan fingerprint density at radius 2 is 1.88 bits per heavy atom. The summed E-state index contributed by atoms with van der Waals surface area (Å²) in [6.45, 7) is 5.74. The van der Waals surface area contributed by atoms with Gasteiger partial charge in [0.2, 0.25) is 6.29 Å². The van der Waals surface area contributed by atoms with E-state index in [1.807, 2.05) is 0 Å². The molecule has 3 aliphatic carbocycles. The number of fused-ring (bicyclic) bond motifs is 5. The molecule has 2 bridgehead atoms. The fourth-order valence-corrected chi connectivity index (χ4v) is 6.94. The van der Waals surface area contributed by atoms with E-state index in [0.29, 0.717) is 0 Å². The minimum Gasteiger partial charge on any atom is -0.465 e. The topological polar surface area (TPSA) is 18.5 Å². The van der Waals surface area contributed by atoms with Crippen LogP contribution in [0.5, 0.6) is 5.75 Å². The Morgan fingerprint density at radius 1 is 1.08 bits per heavy atom. The maximum absolute atomic E-state index is 6.23. The Bertz CT molecular complexity index is 637. The van der Waals surface area contributed by atoms with Crippen molar-refractivity contribution in [2.24, 2.45) is 29.6 Å². The molecule has 1 saturated heterocycles. The fourth-order valence-electron chi connectivity index (χ4n) is 6.94. The average molecular weight is 341 g/mol. The zero-order valence-corrected chi connectivity index (χ0v) is 15.7. The minimum absolute atomic E-state index is 0.0264. The molecule has 4 aliphatic rings. The lowest BCUT2D eigenvalue weighted by molar-refractivity contribution is -0.166. The van der Waals surface area contributed by atoms with Crippen molar-refractivity contribution in [1.29, 1.82) is 0 Å². The summed E-state index contributed by atoms with van der Waals surface area (Å²) < 4.78 is 11.8. The van der Waals surface area contributed by atoms with E-state index in [9.17, 15) is 0 Å². The van der Waals surface area contributed by atoms with Crippen LogP contribution in [-0.4, -0.2) is 12.9 Å². The van der Waals surface area contributed by atoms with Crippen molar-refractivity contribution in [2.45, 2.75) is 70.5 Å². The van der Waals surface area contributed by atoms with Gasteiger partial charge in [-0.3, -0.25) is 0 Å². The number of hydrogen-bond acceptors (Lipinski definition) is 2. The highest BCUT2D eigenvalue weighted by Gasteiger charge is 2.58. The molecule has 5 rings (SSSR count). The normalized spacial score (nSPS) is 41.2. The van der Waals surface area contributed by atoms with Crippen LogP contribution in [0, 0.1) is 29.6 Å². The van der Waals surface area contributed by atoms with Gasteiger partial charge in [0.25, 0.3) is 0 Å². The maximum atomic E-state index is 6.23. The number of ether oxygens (including phenoxy) is 2. The SMILES string of the molecule is CCC(C)(c1ccccc1OC1CCO1)C1CC2CC1C1CCCC21. The van der Waals surface area contributed by atoms with E-state index < -0.39 is 0 Å². The van der Waals surface area contributed by atoms with E-state index in [1.165, 1.54) is 44.1 Å². The zero-order chi connectivity index (χ0) is 17.0. The molecule has 0 aromatic heterocycles. The Morgan fingerprint density at radius 3 is 2.64 bits per heavy atom. The van der Waals surface area contributed by atoms with Gasteiger partial charge < -0.3 is 9.47 Å². The van der Waals surface area contributed by atoms with Crippen LogP contribution in [0.2, 0.25) is 0 Å². The monoisotopic (exact) mass is 340 g/mol. The predicted octanol–water partition coefficient (Wildman–Crippen LogP) is 5.55. The van der Waals surface area contributed by atoms with Crippen LogP contribution in [0.3, 0.4) is 0 Å². The fraction of sp³-hybridized carbons (Fsp3) is 0.739. The highest BCUT2D eigenvalue weighted by atomic mass is 16.7. The third kappa shape index (κ3) is 2.40. The maximum Gasteiger partial charge on any atom is 0.202 e. The molecular formula is C23H32O2. The summed E-state index contributed by atoms with van der Waals surface area (Å²) in [5, 5.41) is 0. The summed E-state index contributed by atoms with van der Waals surface area (Å²) in [5.74, 6) is 5.96. The Labute approximate surface area is 152 Å². The van der Waals surface area contributed by atoms with Crippen molar-refractivity contribution < 1.29 is 9.47 Å². The summed E-state index contributed by atoms with van der Waals surface area (Å²) >= 11 is 0. The van der Waals surface area contributed by atoms with Crippen LogP contribution in [0.15, 0.2) is 24.3 Å². The Balaban J connectivity index is 1.47. The summed E-state index contributed by atoms with van der Waals surface area (Å²) in [7, 11) is 0. The van der Waals surface area contributed by atoms with Crippen molar-refractivity contribution in [1.82, 2.24) is 0 Å². The van der Waals surface area contributed by atoms with Gasteiger partial charge in [-0.2, -0.15) is 0 Å². The lowest BCUT2D eigenvalue weighted by Gasteiger charge is -2.44. The molecule has 136 valence electrons. The average Bonchev–Trinajstić information content (AvgIpc) is 3.30. The molecule has 1 aromatic carbocycles. The standard InChI is InChI=1S/C23H32O2/c1-3-23(2,19-9-4-5-10-21(19)25-22-11-12-24-22)20-14-15-13-18(20)17-8-6-7-16(15)17/h4-5,9-10,15-18,20,22H,3,6-8,11-14H2,1-2H3. The number of para-hydroxylation sites is 1. The largest absolute Gasteiger partial charge is 0.465 e. The molecule has 1 heterocycles. The molecule has 0 amide bonds. The van der Waals surface area contributed by atoms with E-state index in [2.05, 4.69) is 38.1 Å². The van der Waals surface area contributed by atoms with Crippen LogP contribution in [0.4, 0.5) is 0 Å². The molecule has 7 atom stereocenters. The molecule has 2 heteroatoms. The van der Waals surface area contributed by atoms with Gasteiger partial charge in [-0.05, 0) is 73.2 Å². The zero-order valence-electron chi connectivity index (χ0n) is 15.7. The molecule has 2 nitrogen and oxygen atoms in total. The Kier molecular flexibility index (Phi) is 3.89. The summed E-state index contributed by atoms with van der Waals surface area (Å²) in [6.07, 6.45) is 9.64. The van der Waals surface area contributed by atoms with Crippen molar-refractivity contribution in [3.05, 3.63) is 29.8 Å². The van der Waals surface area contributed by atoms with Crippen LogP contribution >= 0.6 is 0 Å². The molecule has 1 aromatic rings. The second kappa shape index (κ2) is 6.01. The van der Waals surface area contributed by atoms with E-state index >= 15 is 0 Å². The van der Waals surface area contributed by atoms with Crippen molar-refractivity contribution in [3.63, 3.8) is 0 Å². The highest BCUT2D eigenvalue weighted by molar-refractivity contribution is 5.41. The molecule has 7 unspecified atom stereocenters. The predicted molar refractivity (Wildman–Crippen MR) is 99.6 cm³/mol. The van der Waals surface area contributed by atoms with Gasteiger partial charge in [0.05, 0.1) is 6.61 Å². The van der Waals surface area contributed by atoms with Gasteiger partial charge in [0.15, 0.2) is 0 Å². The first-order chi connectivity index (χ1) is 12.2. The molecule has 0 spiro atoms. The summed E-state index contributed by atoms with van der Waals surface area (Å²) in [5.41, 5.74) is 1.66. The van der Waals surface area contributed by atoms with Crippen molar-refractivity contribution in [3.8, 4) is 5.75 Å². The third-order valence-electron chi connectivity index (χ3n) is 8.40. The lowest BCUT2D eigenvalue weighted by Crippen LogP contribution is -2.40. The molecule has 0 radical (unpaired) electrons. The number of benzene rings is 1. The molecule has 4 fully saturated rings. The molecule has 25 heavy (non-hydrogen) atoms. The third-order valence-corrected chi connectivity index (χ3v) is 8.40. The van der Waals surface area contributed by atoms with Gasteiger partial charge >= 0.3 is 0 Å².